The van der Waals surface area contributed by atoms with Crippen LogP contribution in [0.2, 0.25) is 0 Å². The van der Waals surface area contributed by atoms with Gasteiger partial charge in [-0.3, -0.25) is 9.69 Å². The van der Waals surface area contributed by atoms with Gasteiger partial charge in [-0.2, -0.15) is 0 Å². The first-order valence-corrected chi connectivity index (χ1v) is 11.0. The summed E-state index contributed by atoms with van der Waals surface area (Å²) in [5, 5.41) is 4.34. The zero-order valence-corrected chi connectivity index (χ0v) is 17.4. The first kappa shape index (κ1) is 19.1. The van der Waals surface area contributed by atoms with Crippen molar-refractivity contribution in [2.24, 2.45) is 0 Å². The minimum atomic E-state index is 0.0728. The zero-order valence-electron chi connectivity index (χ0n) is 16.6. The molecular formula is C23H27N3OS. The van der Waals surface area contributed by atoms with E-state index in [-0.39, 0.29) is 11.9 Å². The van der Waals surface area contributed by atoms with Gasteiger partial charge in [-0.15, -0.1) is 11.3 Å². The summed E-state index contributed by atoms with van der Waals surface area (Å²) < 4.78 is 1.22. The van der Waals surface area contributed by atoms with Crippen LogP contribution in [0.25, 0.3) is 10.2 Å². The van der Waals surface area contributed by atoms with E-state index in [1.54, 1.807) is 11.3 Å². The lowest BCUT2D eigenvalue weighted by Crippen LogP contribution is -2.33. The number of carbonyl (C=O) groups excluding carboxylic acids is 1. The van der Waals surface area contributed by atoms with Crippen molar-refractivity contribution in [2.75, 3.05) is 18.4 Å². The molecule has 0 radical (unpaired) electrons. The van der Waals surface area contributed by atoms with E-state index in [4.69, 9.17) is 4.98 Å². The van der Waals surface area contributed by atoms with Crippen LogP contribution in [0.3, 0.4) is 0 Å². The lowest BCUT2D eigenvalue weighted by molar-refractivity contribution is -0.117. The van der Waals surface area contributed by atoms with Crippen LogP contribution in [-0.4, -0.2) is 28.9 Å². The van der Waals surface area contributed by atoms with Crippen molar-refractivity contribution in [1.29, 1.82) is 0 Å². The van der Waals surface area contributed by atoms with Crippen LogP contribution >= 0.6 is 11.3 Å². The number of benzene rings is 2. The summed E-state index contributed by atoms with van der Waals surface area (Å²) in [7, 11) is 0. The Hall–Kier alpha value is -2.24. The first-order chi connectivity index (χ1) is 13.7. The molecule has 1 N–H and O–H groups in total. The third kappa shape index (κ3) is 3.82. The van der Waals surface area contributed by atoms with Crippen LogP contribution < -0.4 is 5.32 Å². The number of aromatic nitrogens is 1. The average molecular weight is 394 g/mol. The molecule has 5 heteroatoms. The summed E-state index contributed by atoms with van der Waals surface area (Å²) in [6.07, 6.45) is 4.02. The molecule has 0 bridgehead atoms. The molecular weight excluding hydrogens is 366 g/mol. The van der Waals surface area contributed by atoms with Gasteiger partial charge in [0.2, 0.25) is 5.91 Å². The number of carbonyl (C=O) groups is 1. The lowest BCUT2D eigenvalue weighted by Gasteiger charge is -2.23. The molecule has 1 amide bonds. The summed E-state index contributed by atoms with van der Waals surface area (Å²) in [5.41, 5.74) is 4.48. The Morgan fingerprint density at radius 1 is 1.14 bits per heavy atom. The molecule has 0 saturated carbocycles. The van der Waals surface area contributed by atoms with Crippen LogP contribution in [0.4, 0.5) is 5.69 Å². The molecule has 2 aromatic carbocycles. The molecule has 0 spiro atoms. The number of hydrogen-bond acceptors (Lipinski definition) is 4. The largest absolute Gasteiger partial charge is 0.324 e. The molecule has 1 unspecified atom stereocenters. The number of aryl methyl sites for hydroxylation is 2. The van der Waals surface area contributed by atoms with E-state index in [1.807, 2.05) is 6.07 Å². The monoisotopic (exact) mass is 393 g/mol. The van der Waals surface area contributed by atoms with Crippen LogP contribution in [0.5, 0.6) is 0 Å². The summed E-state index contributed by atoms with van der Waals surface area (Å²) in [6, 6.07) is 14.8. The van der Waals surface area contributed by atoms with E-state index in [1.165, 1.54) is 15.8 Å². The highest BCUT2D eigenvalue weighted by Gasteiger charge is 2.30. The number of anilines is 1. The maximum Gasteiger partial charge on any atom is 0.238 e. The van der Waals surface area contributed by atoms with E-state index in [2.05, 4.69) is 60.5 Å². The molecule has 1 aromatic heterocycles. The second-order valence-corrected chi connectivity index (χ2v) is 8.42. The predicted molar refractivity (Wildman–Crippen MR) is 117 cm³/mol. The van der Waals surface area contributed by atoms with Crippen molar-refractivity contribution < 1.29 is 4.79 Å². The Kier molecular flexibility index (Phi) is 5.74. The highest BCUT2D eigenvalue weighted by molar-refractivity contribution is 7.18. The third-order valence-corrected chi connectivity index (χ3v) is 6.71. The SMILES string of the molecule is CCc1cccc(CC)c1NC(=O)CN1CCCC1c1nc2ccccc2s1. The zero-order chi connectivity index (χ0) is 19.5. The topological polar surface area (TPSA) is 45.2 Å². The van der Waals surface area contributed by atoms with Gasteiger partial charge in [0.05, 0.1) is 22.8 Å². The molecule has 28 heavy (non-hydrogen) atoms. The predicted octanol–water partition coefficient (Wildman–Crippen LogP) is 5.20. The molecule has 1 aliphatic rings. The standard InChI is InChI=1S/C23H27N3OS/c1-3-16-9-7-10-17(4-2)22(16)25-21(27)15-26-14-8-12-19(26)23-24-18-11-5-6-13-20(18)28-23/h5-7,9-11,13,19H,3-4,8,12,14-15H2,1-2H3,(H,25,27). The van der Waals surface area contributed by atoms with Crippen molar-refractivity contribution in [3.8, 4) is 0 Å². The summed E-state index contributed by atoms with van der Waals surface area (Å²) in [6.45, 7) is 5.63. The molecule has 1 fully saturated rings. The van der Waals surface area contributed by atoms with Gasteiger partial charge in [-0.25, -0.2) is 4.98 Å². The number of nitrogens with zero attached hydrogens (tertiary/aromatic N) is 2. The highest BCUT2D eigenvalue weighted by Crippen LogP contribution is 2.36. The highest BCUT2D eigenvalue weighted by atomic mass is 32.1. The Morgan fingerprint density at radius 3 is 2.61 bits per heavy atom. The number of likely N-dealkylation sites (tertiary alicyclic amines) is 1. The number of para-hydroxylation sites is 2. The number of thiazole rings is 1. The maximum atomic E-state index is 12.9. The maximum absolute atomic E-state index is 12.9. The van der Waals surface area contributed by atoms with Gasteiger partial charge in [-0.05, 0) is 55.5 Å². The molecule has 146 valence electrons. The average Bonchev–Trinajstić information content (AvgIpc) is 3.34. The Bertz CT molecular complexity index is 926. The van der Waals surface area contributed by atoms with E-state index in [9.17, 15) is 4.79 Å². The Morgan fingerprint density at radius 2 is 1.89 bits per heavy atom. The second-order valence-electron chi connectivity index (χ2n) is 7.35. The smallest absolute Gasteiger partial charge is 0.238 e. The van der Waals surface area contributed by atoms with Crippen molar-refractivity contribution in [2.45, 2.75) is 45.6 Å². The number of rotatable bonds is 6. The van der Waals surface area contributed by atoms with Gasteiger partial charge in [-0.1, -0.05) is 44.2 Å². The molecule has 3 aromatic rings. The van der Waals surface area contributed by atoms with Crippen LogP contribution in [-0.2, 0) is 17.6 Å². The molecule has 0 aliphatic carbocycles. The van der Waals surface area contributed by atoms with Crippen molar-refractivity contribution in [1.82, 2.24) is 9.88 Å². The lowest BCUT2D eigenvalue weighted by atomic mass is 10.0. The number of amides is 1. The van der Waals surface area contributed by atoms with Gasteiger partial charge in [0.1, 0.15) is 5.01 Å². The minimum Gasteiger partial charge on any atom is -0.324 e. The van der Waals surface area contributed by atoms with Gasteiger partial charge in [0, 0.05) is 5.69 Å². The molecule has 4 rings (SSSR count). The Balaban J connectivity index is 1.50. The fourth-order valence-electron chi connectivity index (χ4n) is 4.09. The summed E-state index contributed by atoms with van der Waals surface area (Å²) >= 11 is 1.76. The molecule has 2 heterocycles. The first-order valence-electron chi connectivity index (χ1n) is 10.2. The fraction of sp³-hybridized carbons (Fsp3) is 0.391. The van der Waals surface area contributed by atoms with Gasteiger partial charge < -0.3 is 5.32 Å². The molecule has 1 saturated heterocycles. The number of hydrogen-bond donors (Lipinski definition) is 1. The Labute approximate surface area is 170 Å². The minimum absolute atomic E-state index is 0.0728. The third-order valence-electron chi connectivity index (χ3n) is 5.57. The normalized spacial score (nSPS) is 17.3. The van der Waals surface area contributed by atoms with Gasteiger partial charge in [0.15, 0.2) is 0 Å². The number of nitrogens with one attached hydrogen (secondary N) is 1. The van der Waals surface area contributed by atoms with Crippen molar-refractivity contribution in [3.63, 3.8) is 0 Å². The second kappa shape index (κ2) is 8.41. The van der Waals surface area contributed by atoms with Gasteiger partial charge in [0.25, 0.3) is 0 Å². The van der Waals surface area contributed by atoms with E-state index < -0.39 is 0 Å². The quantitative estimate of drug-likeness (QED) is 0.626. The fourth-order valence-corrected chi connectivity index (χ4v) is 5.23. The van der Waals surface area contributed by atoms with E-state index in [0.717, 1.165) is 48.4 Å². The number of fused-ring (bicyclic) bond motifs is 1. The van der Waals surface area contributed by atoms with E-state index in [0.29, 0.717) is 6.54 Å². The van der Waals surface area contributed by atoms with Crippen LogP contribution in [0, 0.1) is 0 Å². The van der Waals surface area contributed by atoms with E-state index >= 15 is 0 Å². The van der Waals surface area contributed by atoms with Gasteiger partial charge >= 0.3 is 0 Å². The summed E-state index contributed by atoms with van der Waals surface area (Å²) in [5.74, 6) is 0.0728. The summed E-state index contributed by atoms with van der Waals surface area (Å²) in [4.78, 5) is 20.0. The van der Waals surface area contributed by atoms with Crippen molar-refractivity contribution in [3.05, 3.63) is 58.6 Å². The molecule has 4 nitrogen and oxygen atoms in total. The van der Waals surface area contributed by atoms with Crippen LogP contribution in [0.1, 0.15) is 48.9 Å². The molecule has 1 aliphatic heterocycles. The molecule has 1 atom stereocenters. The van der Waals surface area contributed by atoms with Crippen molar-refractivity contribution >= 4 is 33.1 Å². The van der Waals surface area contributed by atoms with Crippen LogP contribution in [0.15, 0.2) is 42.5 Å².